The first-order chi connectivity index (χ1) is 17.2. The van der Waals surface area contributed by atoms with E-state index in [1.807, 2.05) is 0 Å². The van der Waals surface area contributed by atoms with Crippen molar-refractivity contribution in [2.24, 2.45) is 0 Å². The van der Waals surface area contributed by atoms with Gasteiger partial charge in [-0.25, -0.2) is 0 Å². The zero-order chi connectivity index (χ0) is 24.4. The molecule has 4 unspecified atom stereocenters. The lowest BCUT2D eigenvalue weighted by atomic mass is 9.80. The van der Waals surface area contributed by atoms with Crippen molar-refractivity contribution in [2.75, 3.05) is 13.2 Å². The van der Waals surface area contributed by atoms with E-state index in [-0.39, 0.29) is 12.2 Å². The lowest BCUT2D eigenvalue weighted by molar-refractivity contribution is -0.197. The van der Waals surface area contributed by atoms with E-state index in [4.69, 9.17) is 14.2 Å². The first-order valence-corrected chi connectivity index (χ1v) is 14.3. The fourth-order valence-corrected chi connectivity index (χ4v) is 5.72. The number of unbranched alkanes of at least 4 members (excludes halogenated alkanes) is 8. The van der Waals surface area contributed by atoms with Crippen molar-refractivity contribution in [3.8, 4) is 0 Å². The minimum Gasteiger partial charge on any atom is -0.370 e. The van der Waals surface area contributed by atoms with Crippen LogP contribution in [0.15, 0.2) is 60.7 Å². The highest BCUT2D eigenvalue weighted by atomic mass is 16.6. The monoisotopic (exact) mass is 478 g/mol. The topological polar surface area (TPSA) is 34.3 Å². The minimum absolute atomic E-state index is 0.109. The molecule has 0 radical (unpaired) electrons. The van der Waals surface area contributed by atoms with Crippen LogP contribution in [0.4, 0.5) is 0 Å². The van der Waals surface area contributed by atoms with Gasteiger partial charge in [0.25, 0.3) is 0 Å². The van der Waals surface area contributed by atoms with E-state index in [9.17, 15) is 0 Å². The Kier molecular flexibility index (Phi) is 9.83. The molecule has 3 heteroatoms. The number of epoxide rings is 2. The Bertz CT molecular complexity index is 774. The third kappa shape index (κ3) is 6.76. The number of benzene rings is 2. The van der Waals surface area contributed by atoms with Crippen LogP contribution in [-0.4, -0.2) is 25.4 Å². The van der Waals surface area contributed by atoms with Crippen molar-refractivity contribution < 1.29 is 14.2 Å². The normalized spacial score (nSPS) is 22.3. The van der Waals surface area contributed by atoms with Crippen molar-refractivity contribution in [1.82, 2.24) is 0 Å². The zero-order valence-corrected chi connectivity index (χ0v) is 22.1. The van der Waals surface area contributed by atoms with Crippen LogP contribution in [0.25, 0.3) is 0 Å². The second-order valence-electron chi connectivity index (χ2n) is 10.6. The fourth-order valence-electron chi connectivity index (χ4n) is 5.72. The molecule has 0 N–H and O–H groups in total. The van der Waals surface area contributed by atoms with Gasteiger partial charge in [-0.3, -0.25) is 0 Å². The summed E-state index contributed by atoms with van der Waals surface area (Å²) in [6, 6.07) is 21.8. The summed E-state index contributed by atoms with van der Waals surface area (Å²) >= 11 is 0. The fraction of sp³-hybridized carbons (Fsp3) is 0.625. The molecule has 2 fully saturated rings. The minimum atomic E-state index is -0.446. The molecule has 2 saturated heterocycles. The van der Waals surface area contributed by atoms with E-state index < -0.39 is 11.2 Å². The van der Waals surface area contributed by atoms with Gasteiger partial charge in [0.05, 0.1) is 13.2 Å². The van der Waals surface area contributed by atoms with Gasteiger partial charge in [-0.05, 0) is 24.0 Å². The quantitative estimate of drug-likeness (QED) is 0.160. The maximum Gasteiger partial charge on any atom is 0.123 e. The molecule has 2 aliphatic heterocycles. The summed E-state index contributed by atoms with van der Waals surface area (Å²) in [5.41, 5.74) is 1.62. The third-order valence-corrected chi connectivity index (χ3v) is 7.90. The summed E-state index contributed by atoms with van der Waals surface area (Å²) in [6.45, 7) is 6.10. The SMILES string of the molecule is CCCCCCCC(OC(CCCCCCC)(c1ccccc1)C1CO1)(c1ccccc1)C1CO1. The molecule has 2 aliphatic rings. The molecule has 192 valence electrons. The summed E-state index contributed by atoms with van der Waals surface area (Å²) in [7, 11) is 0. The van der Waals surface area contributed by atoms with Crippen LogP contribution in [0.3, 0.4) is 0 Å². The molecule has 0 aliphatic carbocycles. The van der Waals surface area contributed by atoms with Gasteiger partial charge < -0.3 is 14.2 Å². The number of hydrogen-bond donors (Lipinski definition) is 0. The van der Waals surface area contributed by atoms with Crippen LogP contribution in [0, 0.1) is 0 Å². The van der Waals surface area contributed by atoms with E-state index in [0.29, 0.717) is 0 Å². The smallest absolute Gasteiger partial charge is 0.123 e. The number of hydrogen-bond acceptors (Lipinski definition) is 3. The summed E-state index contributed by atoms with van der Waals surface area (Å²) in [5.74, 6) is 0. The number of ether oxygens (including phenoxy) is 3. The molecule has 3 nitrogen and oxygen atoms in total. The third-order valence-electron chi connectivity index (χ3n) is 7.90. The molecule has 0 spiro atoms. The average molecular weight is 479 g/mol. The highest BCUT2D eigenvalue weighted by Crippen LogP contribution is 2.52. The highest BCUT2D eigenvalue weighted by molar-refractivity contribution is 5.30. The van der Waals surface area contributed by atoms with Crippen LogP contribution in [-0.2, 0) is 25.4 Å². The van der Waals surface area contributed by atoms with Crippen LogP contribution in [0.1, 0.15) is 102 Å². The van der Waals surface area contributed by atoms with E-state index in [2.05, 4.69) is 74.5 Å². The van der Waals surface area contributed by atoms with E-state index >= 15 is 0 Å². The molecule has 4 rings (SSSR count). The second-order valence-corrected chi connectivity index (χ2v) is 10.6. The van der Waals surface area contributed by atoms with Gasteiger partial charge in [-0.1, -0.05) is 139 Å². The van der Waals surface area contributed by atoms with Crippen molar-refractivity contribution in [3.63, 3.8) is 0 Å². The van der Waals surface area contributed by atoms with Gasteiger partial charge in [0.15, 0.2) is 0 Å². The molecule has 2 aromatic rings. The lowest BCUT2D eigenvalue weighted by Gasteiger charge is -2.44. The van der Waals surface area contributed by atoms with Crippen molar-refractivity contribution in [2.45, 2.75) is 114 Å². The van der Waals surface area contributed by atoms with Gasteiger partial charge in [0, 0.05) is 0 Å². The standard InChI is InChI=1S/C32H46O3/c1-3-5-7-9-17-23-31(29-25-33-29,27-19-13-11-14-20-27)35-32(30-26-34-30,24-18-10-8-6-4-2)28-21-15-12-16-22-28/h11-16,19-22,29-30H,3-10,17-18,23-26H2,1-2H3. The Morgan fingerprint density at radius 1 is 0.600 bits per heavy atom. The Labute approximate surface area is 213 Å². The molecule has 0 saturated carbocycles. The van der Waals surface area contributed by atoms with E-state index in [0.717, 1.165) is 38.9 Å². The summed E-state index contributed by atoms with van der Waals surface area (Å²) in [6.07, 6.45) is 14.7. The molecule has 0 bridgehead atoms. The molecular weight excluding hydrogens is 432 g/mol. The Balaban J connectivity index is 1.66. The Morgan fingerprint density at radius 2 is 0.971 bits per heavy atom. The van der Waals surface area contributed by atoms with Crippen LogP contribution < -0.4 is 0 Å². The van der Waals surface area contributed by atoms with Gasteiger partial charge in [0.2, 0.25) is 0 Å². The van der Waals surface area contributed by atoms with Crippen molar-refractivity contribution in [1.29, 1.82) is 0 Å². The average Bonchev–Trinajstić information content (AvgIpc) is 3.81. The van der Waals surface area contributed by atoms with Gasteiger partial charge >= 0.3 is 0 Å². The molecule has 0 amide bonds. The predicted octanol–water partition coefficient (Wildman–Crippen LogP) is 8.31. The molecule has 2 aromatic carbocycles. The molecule has 4 atom stereocenters. The van der Waals surface area contributed by atoms with Gasteiger partial charge in [-0.2, -0.15) is 0 Å². The molecule has 35 heavy (non-hydrogen) atoms. The molecule has 0 aromatic heterocycles. The summed E-state index contributed by atoms with van der Waals surface area (Å²) in [4.78, 5) is 0. The maximum absolute atomic E-state index is 7.61. The highest BCUT2D eigenvalue weighted by Gasteiger charge is 2.58. The van der Waals surface area contributed by atoms with Gasteiger partial charge in [-0.15, -0.1) is 0 Å². The Morgan fingerprint density at radius 3 is 1.31 bits per heavy atom. The van der Waals surface area contributed by atoms with Gasteiger partial charge in [0.1, 0.15) is 23.4 Å². The first kappa shape index (κ1) is 26.4. The van der Waals surface area contributed by atoms with E-state index in [1.165, 1.54) is 62.5 Å². The molecule has 2 heterocycles. The molecular formula is C32H46O3. The van der Waals surface area contributed by atoms with E-state index in [1.54, 1.807) is 0 Å². The zero-order valence-electron chi connectivity index (χ0n) is 22.1. The predicted molar refractivity (Wildman–Crippen MR) is 144 cm³/mol. The number of rotatable bonds is 18. The van der Waals surface area contributed by atoms with Crippen LogP contribution >= 0.6 is 0 Å². The summed E-state index contributed by atoms with van der Waals surface area (Å²) in [5, 5.41) is 0. The second kappa shape index (κ2) is 13.0. The van der Waals surface area contributed by atoms with Crippen molar-refractivity contribution >= 4 is 0 Å². The summed E-state index contributed by atoms with van der Waals surface area (Å²) < 4.78 is 19.8. The lowest BCUT2D eigenvalue weighted by Crippen LogP contribution is -2.48. The van der Waals surface area contributed by atoms with Crippen LogP contribution in [0.5, 0.6) is 0 Å². The maximum atomic E-state index is 7.61. The first-order valence-electron chi connectivity index (χ1n) is 14.3. The van der Waals surface area contributed by atoms with Crippen LogP contribution in [0.2, 0.25) is 0 Å². The largest absolute Gasteiger partial charge is 0.370 e. The Hall–Kier alpha value is -1.68. The van der Waals surface area contributed by atoms with Crippen molar-refractivity contribution in [3.05, 3.63) is 71.8 Å².